The highest BCUT2D eigenvalue weighted by atomic mass is 79.9. The largest absolute Gasteiger partial charge is 0.496 e. The zero-order valence-corrected chi connectivity index (χ0v) is 12.6. The number of aliphatic hydroxyl groups is 1. The van der Waals surface area contributed by atoms with Gasteiger partial charge in [0.25, 0.3) is 0 Å². The highest BCUT2D eigenvalue weighted by molar-refractivity contribution is 9.10. The molecule has 2 nitrogen and oxygen atoms in total. The van der Waals surface area contributed by atoms with Gasteiger partial charge in [0.2, 0.25) is 0 Å². The second-order valence-electron chi connectivity index (χ2n) is 4.35. The number of ether oxygens (including phenoxy) is 1. The third kappa shape index (κ3) is 2.99. The lowest BCUT2D eigenvalue weighted by molar-refractivity contribution is 0.219. The molecule has 0 saturated heterocycles. The molecule has 2 aromatic carbocycles. The summed E-state index contributed by atoms with van der Waals surface area (Å²) in [4.78, 5) is 0. The second-order valence-corrected chi connectivity index (χ2v) is 5.20. The van der Waals surface area contributed by atoms with Crippen LogP contribution < -0.4 is 4.74 Å². The number of aliphatic hydroxyl groups excluding tert-OH is 1. The summed E-state index contributed by atoms with van der Waals surface area (Å²) < 4.78 is 6.05. The summed E-state index contributed by atoms with van der Waals surface area (Å²) in [7, 11) is 1.63. The van der Waals surface area contributed by atoms with E-state index in [2.05, 4.69) is 28.9 Å². The molecule has 1 atom stereocenters. The van der Waals surface area contributed by atoms with E-state index in [0.717, 1.165) is 27.8 Å². The van der Waals surface area contributed by atoms with E-state index in [1.807, 2.05) is 36.4 Å². The molecule has 2 aromatic rings. The molecule has 0 aliphatic heterocycles. The number of rotatable bonds is 4. The van der Waals surface area contributed by atoms with Crippen molar-refractivity contribution in [1.82, 2.24) is 0 Å². The van der Waals surface area contributed by atoms with Crippen LogP contribution in [0.3, 0.4) is 0 Å². The van der Waals surface area contributed by atoms with Crippen molar-refractivity contribution in [2.24, 2.45) is 0 Å². The van der Waals surface area contributed by atoms with E-state index in [0.29, 0.717) is 0 Å². The van der Waals surface area contributed by atoms with Crippen molar-refractivity contribution in [3.63, 3.8) is 0 Å². The maximum Gasteiger partial charge on any atom is 0.133 e. The zero-order valence-electron chi connectivity index (χ0n) is 11.1. The first-order chi connectivity index (χ1) is 9.17. The normalized spacial score (nSPS) is 12.2. The van der Waals surface area contributed by atoms with Gasteiger partial charge in [0.1, 0.15) is 11.9 Å². The number of hydrogen-bond donors (Lipinski definition) is 1. The van der Waals surface area contributed by atoms with Gasteiger partial charge in [0, 0.05) is 0 Å². The van der Waals surface area contributed by atoms with Gasteiger partial charge < -0.3 is 9.84 Å². The van der Waals surface area contributed by atoms with E-state index >= 15 is 0 Å². The Balaban J connectivity index is 2.38. The summed E-state index contributed by atoms with van der Waals surface area (Å²) in [5.74, 6) is 0.764. The van der Waals surface area contributed by atoms with Crippen LogP contribution in [0, 0.1) is 0 Å². The Labute approximate surface area is 122 Å². The standard InChI is InChI=1S/C16H17BrO2/c1-3-11-6-4-5-7-13(11)16(18)12-8-9-15(19-2)14(17)10-12/h4-10,16,18H,3H2,1-2H3. The molecule has 0 saturated carbocycles. The maximum atomic E-state index is 10.5. The predicted molar refractivity (Wildman–Crippen MR) is 80.6 cm³/mol. The topological polar surface area (TPSA) is 29.5 Å². The van der Waals surface area contributed by atoms with Gasteiger partial charge in [-0.3, -0.25) is 0 Å². The van der Waals surface area contributed by atoms with Crippen molar-refractivity contribution in [2.45, 2.75) is 19.4 Å². The van der Waals surface area contributed by atoms with Crippen LogP contribution in [0.5, 0.6) is 5.75 Å². The smallest absolute Gasteiger partial charge is 0.133 e. The van der Waals surface area contributed by atoms with Gasteiger partial charge in [0.05, 0.1) is 11.6 Å². The minimum atomic E-state index is -0.613. The van der Waals surface area contributed by atoms with E-state index in [-0.39, 0.29) is 0 Å². The monoisotopic (exact) mass is 320 g/mol. The molecule has 1 N–H and O–H groups in total. The molecule has 0 aliphatic carbocycles. The lowest BCUT2D eigenvalue weighted by Crippen LogP contribution is -2.03. The first-order valence-corrected chi connectivity index (χ1v) is 7.06. The molecular weight excluding hydrogens is 304 g/mol. The first kappa shape index (κ1) is 14.1. The molecule has 0 fully saturated rings. The molecule has 0 bridgehead atoms. The van der Waals surface area contributed by atoms with E-state index in [1.165, 1.54) is 5.56 Å². The van der Waals surface area contributed by atoms with Crippen LogP contribution in [0.25, 0.3) is 0 Å². The van der Waals surface area contributed by atoms with Crippen molar-refractivity contribution in [2.75, 3.05) is 7.11 Å². The van der Waals surface area contributed by atoms with E-state index < -0.39 is 6.10 Å². The summed E-state index contributed by atoms with van der Waals surface area (Å²) in [5.41, 5.74) is 2.98. The van der Waals surface area contributed by atoms with E-state index in [9.17, 15) is 5.11 Å². The highest BCUT2D eigenvalue weighted by Gasteiger charge is 2.14. The van der Waals surface area contributed by atoms with Crippen molar-refractivity contribution < 1.29 is 9.84 Å². The van der Waals surface area contributed by atoms with Crippen LogP contribution in [0.2, 0.25) is 0 Å². The minimum Gasteiger partial charge on any atom is -0.496 e. The van der Waals surface area contributed by atoms with Crippen molar-refractivity contribution >= 4 is 15.9 Å². The zero-order chi connectivity index (χ0) is 13.8. The summed E-state index contributed by atoms with van der Waals surface area (Å²) in [5, 5.41) is 10.5. The van der Waals surface area contributed by atoms with Gasteiger partial charge in [-0.1, -0.05) is 37.3 Å². The van der Waals surface area contributed by atoms with Gasteiger partial charge in [-0.15, -0.1) is 0 Å². The van der Waals surface area contributed by atoms with E-state index in [1.54, 1.807) is 7.11 Å². The fraction of sp³-hybridized carbons (Fsp3) is 0.250. The second kappa shape index (κ2) is 6.22. The first-order valence-electron chi connectivity index (χ1n) is 6.26. The molecule has 0 amide bonds. The van der Waals surface area contributed by atoms with Crippen LogP contribution in [0.4, 0.5) is 0 Å². The van der Waals surface area contributed by atoms with E-state index in [4.69, 9.17) is 4.74 Å². The Kier molecular flexibility index (Phi) is 4.61. The van der Waals surface area contributed by atoms with Crippen LogP contribution in [0.15, 0.2) is 46.9 Å². The van der Waals surface area contributed by atoms with Gasteiger partial charge in [-0.05, 0) is 51.2 Å². The molecule has 0 aromatic heterocycles. The lowest BCUT2D eigenvalue weighted by atomic mass is 9.95. The van der Waals surface area contributed by atoms with Crippen molar-refractivity contribution in [1.29, 1.82) is 0 Å². The molecule has 0 aliphatic rings. The summed E-state index contributed by atoms with van der Waals surface area (Å²) >= 11 is 3.45. The molecule has 0 spiro atoms. The number of aryl methyl sites for hydroxylation is 1. The third-order valence-corrected chi connectivity index (χ3v) is 3.84. The predicted octanol–water partition coefficient (Wildman–Crippen LogP) is 4.10. The SMILES string of the molecule is CCc1ccccc1C(O)c1ccc(OC)c(Br)c1. The fourth-order valence-electron chi connectivity index (χ4n) is 2.16. The quantitative estimate of drug-likeness (QED) is 0.918. The van der Waals surface area contributed by atoms with Crippen LogP contribution in [-0.2, 0) is 6.42 Å². The highest BCUT2D eigenvalue weighted by Crippen LogP contribution is 2.31. The van der Waals surface area contributed by atoms with Gasteiger partial charge in [-0.25, -0.2) is 0 Å². The molecule has 0 heterocycles. The number of benzene rings is 2. The Morgan fingerprint density at radius 3 is 2.58 bits per heavy atom. The molecule has 3 heteroatoms. The van der Waals surface area contributed by atoms with Crippen molar-refractivity contribution in [3.05, 3.63) is 63.6 Å². The van der Waals surface area contributed by atoms with Gasteiger partial charge in [0.15, 0.2) is 0 Å². The molecule has 0 radical (unpaired) electrons. The summed E-state index contributed by atoms with van der Waals surface area (Å²) in [6.45, 7) is 2.09. The van der Waals surface area contributed by atoms with Gasteiger partial charge >= 0.3 is 0 Å². The Bertz CT molecular complexity index is 566. The van der Waals surface area contributed by atoms with Gasteiger partial charge in [-0.2, -0.15) is 0 Å². The average molecular weight is 321 g/mol. The lowest BCUT2D eigenvalue weighted by Gasteiger charge is -2.16. The maximum absolute atomic E-state index is 10.5. The third-order valence-electron chi connectivity index (χ3n) is 3.22. The molecule has 19 heavy (non-hydrogen) atoms. The molecule has 2 rings (SSSR count). The average Bonchev–Trinajstić information content (AvgIpc) is 2.46. The van der Waals surface area contributed by atoms with Crippen LogP contribution in [-0.4, -0.2) is 12.2 Å². The summed E-state index contributed by atoms with van der Waals surface area (Å²) in [6.07, 6.45) is 0.295. The summed E-state index contributed by atoms with van der Waals surface area (Å²) in [6, 6.07) is 13.6. The number of halogens is 1. The number of hydrogen-bond acceptors (Lipinski definition) is 2. The number of methoxy groups -OCH3 is 1. The Morgan fingerprint density at radius 1 is 1.21 bits per heavy atom. The Hall–Kier alpha value is -1.32. The van der Waals surface area contributed by atoms with Crippen molar-refractivity contribution in [3.8, 4) is 5.75 Å². The fourth-order valence-corrected chi connectivity index (χ4v) is 2.71. The molecule has 1 unspecified atom stereocenters. The van der Waals surface area contributed by atoms with Crippen LogP contribution >= 0.6 is 15.9 Å². The molecular formula is C16H17BrO2. The van der Waals surface area contributed by atoms with Crippen LogP contribution in [0.1, 0.15) is 29.7 Å². The molecule has 100 valence electrons. The Morgan fingerprint density at radius 2 is 1.95 bits per heavy atom. The minimum absolute atomic E-state index is 0.613.